The number of fused-ring (bicyclic) bond motifs is 2. The Balaban J connectivity index is 1.56. The number of aryl methyl sites for hydroxylation is 1. The van der Waals surface area contributed by atoms with Gasteiger partial charge in [0.1, 0.15) is 12.5 Å². The van der Waals surface area contributed by atoms with Crippen molar-refractivity contribution in [3.8, 4) is 11.3 Å². The van der Waals surface area contributed by atoms with Gasteiger partial charge in [-0.2, -0.15) is 5.10 Å². The van der Waals surface area contributed by atoms with E-state index in [4.69, 9.17) is 0 Å². The summed E-state index contributed by atoms with van der Waals surface area (Å²) in [5.41, 5.74) is 6.06. The smallest absolute Gasteiger partial charge is 0.264 e. The first kappa shape index (κ1) is 20.1. The fourth-order valence-corrected chi connectivity index (χ4v) is 5.75. The molecule has 2 N–H and O–H groups in total. The Hall–Kier alpha value is -2.78. The van der Waals surface area contributed by atoms with Gasteiger partial charge in [0.05, 0.1) is 26.8 Å². The minimum absolute atomic E-state index is 0.137. The number of amides is 1. The number of hydrogen-bond acceptors (Lipinski definition) is 5. The molecule has 0 radical (unpaired) electrons. The molecule has 0 bridgehead atoms. The lowest BCUT2D eigenvalue weighted by molar-refractivity contribution is 0.0691. The standard InChI is InChI=1S/C22H25FN6OS/c1-11(2)18-19(13-5-12(3)21-25-10-26-29(21)9-13)27-15-6-17(31-20(15)18)22(30)28(4)16-8-24-7-14(16)23/h5-6,9-11,14,16,24,27H,7-8H2,1-4H3. The van der Waals surface area contributed by atoms with Crippen LogP contribution in [0.25, 0.3) is 27.1 Å². The molecule has 0 spiro atoms. The molecule has 1 saturated heterocycles. The monoisotopic (exact) mass is 440 g/mol. The lowest BCUT2D eigenvalue weighted by Crippen LogP contribution is -2.42. The first-order chi connectivity index (χ1) is 14.8. The van der Waals surface area contributed by atoms with Crippen molar-refractivity contribution in [1.29, 1.82) is 0 Å². The fraction of sp³-hybridized carbons (Fsp3) is 0.409. The molecule has 1 fully saturated rings. The Labute approximate surface area is 183 Å². The van der Waals surface area contributed by atoms with E-state index in [9.17, 15) is 9.18 Å². The van der Waals surface area contributed by atoms with Crippen LogP contribution in [0.2, 0.25) is 0 Å². The second kappa shape index (κ2) is 7.42. The maximum Gasteiger partial charge on any atom is 0.264 e. The summed E-state index contributed by atoms with van der Waals surface area (Å²) in [6.07, 6.45) is 2.50. The number of alkyl halides is 1. The molecule has 31 heavy (non-hydrogen) atoms. The van der Waals surface area contributed by atoms with Gasteiger partial charge in [-0.05, 0) is 36.1 Å². The number of nitrogens with one attached hydrogen (secondary N) is 2. The van der Waals surface area contributed by atoms with E-state index in [1.54, 1.807) is 17.9 Å². The molecule has 0 aliphatic carbocycles. The van der Waals surface area contributed by atoms with Crippen molar-refractivity contribution in [2.75, 3.05) is 20.1 Å². The van der Waals surface area contributed by atoms with Gasteiger partial charge in [-0.3, -0.25) is 4.79 Å². The van der Waals surface area contributed by atoms with Crippen molar-refractivity contribution >= 4 is 33.1 Å². The van der Waals surface area contributed by atoms with Crippen LogP contribution in [-0.2, 0) is 0 Å². The third kappa shape index (κ3) is 3.23. The summed E-state index contributed by atoms with van der Waals surface area (Å²) in [4.78, 5) is 23.0. The number of carbonyl (C=O) groups is 1. The molecular weight excluding hydrogens is 415 g/mol. The van der Waals surface area contributed by atoms with Crippen LogP contribution >= 0.6 is 11.3 Å². The second-order valence-electron chi connectivity index (χ2n) is 8.52. The van der Waals surface area contributed by atoms with Crippen molar-refractivity contribution in [2.45, 2.75) is 38.9 Å². The number of likely N-dealkylation sites (N-methyl/N-ethyl adjacent to an activating group) is 1. The zero-order valence-electron chi connectivity index (χ0n) is 17.9. The molecule has 2 unspecified atom stereocenters. The molecule has 4 aromatic rings. The third-order valence-electron chi connectivity index (χ3n) is 6.07. The van der Waals surface area contributed by atoms with Crippen LogP contribution in [0.3, 0.4) is 0 Å². The zero-order chi connectivity index (χ0) is 21.9. The van der Waals surface area contributed by atoms with Gasteiger partial charge in [-0.15, -0.1) is 11.3 Å². The number of pyridine rings is 1. The first-order valence-electron chi connectivity index (χ1n) is 10.4. The highest BCUT2D eigenvalue weighted by Crippen LogP contribution is 2.40. The quantitative estimate of drug-likeness (QED) is 0.507. The van der Waals surface area contributed by atoms with E-state index in [1.165, 1.54) is 21.8 Å². The van der Waals surface area contributed by atoms with Crippen molar-refractivity contribution in [3.63, 3.8) is 0 Å². The number of carbonyl (C=O) groups excluding carboxylic acids is 1. The molecule has 5 rings (SSSR count). The normalized spacial score (nSPS) is 19.2. The molecule has 2 atom stereocenters. The average molecular weight is 441 g/mol. The Kier molecular flexibility index (Phi) is 4.82. The molecule has 4 aromatic heterocycles. The lowest BCUT2D eigenvalue weighted by atomic mass is 9.99. The number of aromatic amines is 1. The van der Waals surface area contributed by atoms with Gasteiger partial charge in [-0.25, -0.2) is 13.9 Å². The first-order valence-corrected chi connectivity index (χ1v) is 11.2. The van der Waals surface area contributed by atoms with Crippen LogP contribution in [-0.4, -0.2) is 62.7 Å². The maximum atomic E-state index is 14.1. The van der Waals surface area contributed by atoms with E-state index in [2.05, 4.69) is 40.3 Å². The molecule has 0 saturated carbocycles. The predicted molar refractivity (Wildman–Crippen MR) is 121 cm³/mol. The second-order valence-corrected chi connectivity index (χ2v) is 9.57. The average Bonchev–Trinajstić information content (AvgIpc) is 3.48. The summed E-state index contributed by atoms with van der Waals surface area (Å²) < 4.78 is 17.0. The Bertz CT molecular complexity index is 1290. The summed E-state index contributed by atoms with van der Waals surface area (Å²) in [6, 6.07) is 3.58. The van der Waals surface area contributed by atoms with Crippen molar-refractivity contribution in [2.24, 2.45) is 0 Å². The summed E-state index contributed by atoms with van der Waals surface area (Å²) in [7, 11) is 1.69. The molecular formula is C22H25FN6OS. The van der Waals surface area contributed by atoms with Crippen LogP contribution in [0.5, 0.6) is 0 Å². The summed E-state index contributed by atoms with van der Waals surface area (Å²) >= 11 is 1.47. The Morgan fingerprint density at radius 3 is 2.87 bits per heavy atom. The summed E-state index contributed by atoms with van der Waals surface area (Å²) in [5.74, 6) is 0.117. The number of nitrogens with zero attached hydrogens (tertiary/aromatic N) is 4. The summed E-state index contributed by atoms with van der Waals surface area (Å²) in [5, 5.41) is 7.30. The van der Waals surface area contributed by atoms with Gasteiger partial charge >= 0.3 is 0 Å². The predicted octanol–water partition coefficient (Wildman–Crippen LogP) is 3.75. The third-order valence-corrected chi connectivity index (χ3v) is 7.23. The van der Waals surface area contributed by atoms with E-state index in [1.807, 2.05) is 19.2 Å². The molecule has 1 aliphatic heterocycles. The number of H-pyrrole nitrogens is 1. The van der Waals surface area contributed by atoms with Gasteiger partial charge in [0, 0.05) is 31.9 Å². The van der Waals surface area contributed by atoms with Gasteiger partial charge in [0.2, 0.25) is 0 Å². The number of halogens is 1. The number of thiophene rings is 1. The molecule has 0 aromatic carbocycles. The number of rotatable bonds is 4. The van der Waals surface area contributed by atoms with Gasteiger partial charge in [0.15, 0.2) is 5.65 Å². The van der Waals surface area contributed by atoms with E-state index < -0.39 is 12.2 Å². The van der Waals surface area contributed by atoms with Crippen LogP contribution < -0.4 is 5.32 Å². The highest BCUT2D eigenvalue weighted by Gasteiger charge is 2.34. The molecule has 5 heterocycles. The summed E-state index contributed by atoms with van der Waals surface area (Å²) in [6.45, 7) is 7.11. The van der Waals surface area contributed by atoms with E-state index in [0.29, 0.717) is 18.0 Å². The van der Waals surface area contributed by atoms with Gasteiger partial charge < -0.3 is 15.2 Å². The lowest BCUT2D eigenvalue weighted by Gasteiger charge is -2.24. The zero-order valence-corrected chi connectivity index (χ0v) is 18.8. The van der Waals surface area contributed by atoms with E-state index in [-0.39, 0.29) is 11.8 Å². The Morgan fingerprint density at radius 2 is 2.16 bits per heavy atom. The minimum Gasteiger partial charge on any atom is -0.354 e. The fourth-order valence-electron chi connectivity index (χ4n) is 4.45. The highest BCUT2D eigenvalue weighted by atomic mass is 32.1. The topological polar surface area (TPSA) is 78.3 Å². The van der Waals surface area contributed by atoms with Crippen LogP contribution in [0.4, 0.5) is 4.39 Å². The van der Waals surface area contributed by atoms with Crippen LogP contribution in [0.15, 0.2) is 24.7 Å². The molecule has 162 valence electrons. The molecule has 1 amide bonds. The van der Waals surface area contributed by atoms with Crippen molar-refractivity contribution in [3.05, 3.63) is 40.7 Å². The van der Waals surface area contributed by atoms with Gasteiger partial charge in [0.25, 0.3) is 5.91 Å². The van der Waals surface area contributed by atoms with E-state index >= 15 is 0 Å². The maximum absolute atomic E-state index is 14.1. The molecule has 1 aliphatic rings. The van der Waals surface area contributed by atoms with Crippen molar-refractivity contribution < 1.29 is 9.18 Å². The van der Waals surface area contributed by atoms with Crippen LogP contribution in [0, 0.1) is 6.92 Å². The largest absolute Gasteiger partial charge is 0.354 e. The molecule has 7 nitrogen and oxygen atoms in total. The number of hydrogen-bond donors (Lipinski definition) is 2. The van der Waals surface area contributed by atoms with E-state index in [0.717, 1.165) is 32.7 Å². The SMILES string of the molecule is Cc1cc(-c2[nH]c3cc(C(=O)N(C)C4CNCC4F)sc3c2C(C)C)cn2ncnc12. The van der Waals surface area contributed by atoms with Gasteiger partial charge in [-0.1, -0.05) is 13.8 Å². The number of aromatic nitrogens is 4. The van der Waals surface area contributed by atoms with Crippen LogP contribution in [0.1, 0.15) is 40.6 Å². The Morgan fingerprint density at radius 1 is 1.35 bits per heavy atom. The minimum atomic E-state index is -1.04. The van der Waals surface area contributed by atoms with Crippen molar-refractivity contribution in [1.82, 2.24) is 29.8 Å². The molecule has 9 heteroatoms. The highest BCUT2D eigenvalue weighted by molar-refractivity contribution is 7.21.